The standard InChI is InChI=1S/C14H19N5/c1-5-11-8-15-14(12-9-16-19(4)10-12)17-13(11)6-7-18(2)3/h6-10H,5H2,1-4H3/b7-6+. The van der Waals surface area contributed by atoms with E-state index in [0.717, 1.165) is 23.2 Å². The lowest BCUT2D eigenvalue weighted by Crippen LogP contribution is -2.02. The van der Waals surface area contributed by atoms with E-state index in [0.29, 0.717) is 5.82 Å². The predicted octanol–water partition coefficient (Wildman–Crippen LogP) is 1.97. The van der Waals surface area contributed by atoms with Crippen LogP contribution in [0.1, 0.15) is 18.2 Å². The van der Waals surface area contributed by atoms with Crippen LogP contribution in [0, 0.1) is 0 Å². The van der Waals surface area contributed by atoms with Gasteiger partial charge in [0, 0.05) is 39.7 Å². The Kier molecular flexibility index (Phi) is 3.94. The maximum Gasteiger partial charge on any atom is 0.162 e. The van der Waals surface area contributed by atoms with Crippen LogP contribution in [0.5, 0.6) is 0 Å². The van der Waals surface area contributed by atoms with Crippen molar-refractivity contribution in [2.45, 2.75) is 13.3 Å². The fourth-order valence-corrected chi connectivity index (χ4v) is 1.73. The third-order valence-electron chi connectivity index (χ3n) is 2.77. The molecule has 2 rings (SSSR count). The second-order valence-corrected chi connectivity index (χ2v) is 4.64. The molecule has 2 aromatic heterocycles. The second-order valence-electron chi connectivity index (χ2n) is 4.64. The molecule has 2 heterocycles. The molecule has 5 heteroatoms. The van der Waals surface area contributed by atoms with Crippen LogP contribution in [0.25, 0.3) is 17.5 Å². The second kappa shape index (κ2) is 5.65. The van der Waals surface area contributed by atoms with Crippen molar-refractivity contribution in [2.24, 2.45) is 7.05 Å². The fourth-order valence-electron chi connectivity index (χ4n) is 1.73. The molecule has 0 saturated carbocycles. The molecule has 0 aliphatic heterocycles. The molecule has 0 aliphatic carbocycles. The summed E-state index contributed by atoms with van der Waals surface area (Å²) in [6.07, 6.45) is 10.5. The average Bonchev–Trinajstić information content (AvgIpc) is 2.82. The summed E-state index contributed by atoms with van der Waals surface area (Å²) in [6.45, 7) is 2.11. The first kappa shape index (κ1) is 13.3. The van der Waals surface area contributed by atoms with Crippen LogP contribution in [0.4, 0.5) is 0 Å². The normalized spacial score (nSPS) is 11.2. The molecule has 0 saturated heterocycles. The maximum absolute atomic E-state index is 4.62. The van der Waals surface area contributed by atoms with E-state index >= 15 is 0 Å². The quantitative estimate of drug-likeness (QED) is 0.840. The highest BCUT2D eigenvalue weighted by molar-refractivity contribution is 5.57. The van der Waals surface area contributed by atoms with Crippen LogP contribution in [0.15, 0.2) is 24.8 Å². The highest BCUT2D eigenvalue weighted by Crippen LogP contribution is 2.16. The lowest BCUT2D eigenvalue weighted by molar-refractivity contribution is 0.567. The number of rotatable bonds is 4. The van der Waals surface area contributed by atoms with Gasteiger partial charge in [-0.3, -0.25) is 4.68 Å². The van der Waals surface area contributed by atoms with Crippen molar-refractivity contribution >= 4 is 6.08 Å². The largest absolute Gasteiger partial charge is 0.383 e. The number of hydrogen-bond acceptors (Lipinski definition) is 4. The van der Waals surface area contributed by atoms with Crippen molar-refractivity contribution in [3.8, 4) is 11.4 Å². The van der Waals surface area contributed by atoms with Gasteiger partial charge in [0.25, 0.3) is 0 Å². The van der Waals surface area contributed by atoms with Crippen LogP contribution >= 0.6 is 0 Å². The first-order valence-electron chi connectivity index (χ1n) is 6.29. The van der Waals surface area contributed by atoms with E-state index in [1.54, 1.807) is 10.9 Å². The van der Waals surface area contributed by atoms with Crippen LogP contribution in [-0.2, 0) is 13.5 Å². The topological polar surface area (TPSA) is 46.8 Å². The lowest BCUT2D eigenvalue weighted by atomic mass is 10.1. The zero-order chi connectivity index (χ0) is 13.8. The molecule has 0 amide bonds. The smallest absolute Gasteiger partial charge is 0.162 e. The van der Waals surface area contributed by atoms with Gasteiger partial charge in [0.05, 0.1) is 17.5 Å². The van der Waals surface area contributed by atoms with E-state index in [-0.39, 0.29) is 0 Å². The Labute approximate surface area is 113 Å². The first-order chi connectivity index (χ1) is 9.10. The van der Waals surface area contributed by atoms with Crippen molar-refractivity contribution in [1.82, 2.24) is 24.6 Å². The lowest BCUT2D eigenvalue weighted by Gasteiger charge is -2.07. The summed E-state index contributed by atoms with van der Waals surface area (Å²) in [6, 6.07) is 0. The molecule has 0 radical (unpaired) electrons. The molecule has 0 aromatic carbocycles. The fraction of sp³-hybridized carbons (Fsp3) is 0.357. The number of nitrogens with zero attached hydrogens (tertiary/aromatic N) is 5. The van der Waals surface area contributed by atoms with E-state index in [4.69, 9.17) is 0 Å². The molecular weight excluding hydrogens is 238 g/mol. The van der Waals surface area contributed by atoms with Gasteiger partial charge in [-0.25, -0.2) is 9.97 Å². The highest BCUT2D eigenvalue weighted by atomic mass is 15.2. The Morgan fingerprint density at radius 3 is 2.68 bits per heavy atom. The summed E-state index contributed by atoms with van der Waals surface area (Å²) >= 11 is 0. The summed E-state index contributed by atoms with van der Waals surface area (Å²) in [4.78, 5) is 11.0. The minimum Gasteiger partial charge on any atom is -0.383 e. The van der Waals surface area contributed by atoms with E-state index < -0.39 is 0 Å². The van der Waals surface area contributed by atoms with Crippen molar-refractivity contribution in [1.29, 1.82) is 0 Å². The minimum absolute atomic E-state index is 0.712. The monoisotopic (exact) mass is 257 g/mol. The third-order valence-corrected chi connectivity index (χ3v) is 2.77. The van der Waals surface area contributed by atoms with E-state index in [2.05, 4.69) is 22.0 Å². The van der Waals surface area contributed by atoms with Gasteiger partial charge in [-0.05, 0) is 18.1 Å². The van der Waals surface area contributed by atoms with Gasteiger partial charge in [-0.2, -0.15) is 5.10 Å². The zero-order valence-corrected chi connectivity index (χ0v) is 11.8. The molecule has 0 bridgehead atoms. The van der Waals surface area contributed by atoms with Crippen LogP contribution in [0.3, 0.4) is 0 Å². The molecule has 0 N–H and O–H groups in total. The summed E-state index contributed by atoms with van der Waals surface area (Å²) in [5.41, 5.74) is 3.04. The zero-order valence-electron chi connectivity index (χ0n) is 11.8. The van der Waals surface area contributed by atoms with Crippen LogP contribution < -0.4 is 0 Å². The molecule has 0 spiro atoms. The Morgan fingerprint density at radius 1 is 1.32 bits per heavy atom. The summed E-state index contributed by atoms with van der Waals surface area (Å²) in [5, 5.41) is 4.15. The predicted molar refractivity (Wildman–Crippen MR) is 76.3 cm³/mol. The van der Waals surface area contributed by atoms with Crippen molar-refractivity contribution < 1.29 is 0 Å². The molecule has 0 fully saturated rings. The SMILES string of the molecule is CCc1cnc(-c2cnn(C)c2)nc1/C=C/N(C)C. The molecule has 2 aromatic rings. The van der Waals surface area contributed by atoms with Crippen molar-refractivity contribution in [3.05, 3.63) is 36.0 Å². The molecule has 0 unspecified atom stereocenters. The Balaban J connectivity index is 2.40. The van der Waals surface area contributed by atoms with Crippen molar-refractivity contribution in [2.75, 3.05) is 14.1 Å². The average molecular weight is 257 g/mol. The van der Waals surface area contributed by atoms with Crippen LogP contribution in [0.2, 0.25) is 0 Å². The van der Waals surface area contributed by atoms with E-state index in [1.807, 2.05) is 50.7 Å². The van der Waals surface area contributed by atoms with Crippen LogP contribution in [-0.4, -0.2) is 38.7 Å². The van der Waals surface area contributed by atoms with Gasteiger partial charge in [0.15, 0.2) is 5.82 Å². The van der Waals surface area contributed by atoms with Gasteiger partial charge in [0.2, 0.25) is 0 Å². The van der Waals surface area contributed by atoms with Crippen molar-refractivity contribution in [3.63, 3.8) is 0 Å². The van der Waals surface area contributed by atoms with Gasteiger partial charge < -0.3 is 4.90 Å². The third kappa shape index (κ3) is 3.19. The molecule has 100 valence electrons. The first-order valence-corrected chi connectivity index (χ1v) is 6.29. The number of aryl methyl sites for hydroxylation is 2. The summed E-state index contributed by atoms with van der Waals surface area (Å²) in [5.74, 6) is 0.712. The molecular formula is C14H19N5. The highest BCUT2D eigenvalue weighted by Gasteiger charge is 2.07. The Bertz CT molecular complexity index is 583. The van der Waals surface area contributed by atoms with Gasteiger partial charge >= 0.3 is 0 Å². The van der Waals surface area contributed by atoms with E-state index in [1.165, 1.54) is 0 Å². The molecule has 5 nitrogen and oxygen atoms in total. The van der Waals surface area contributed by atoms with E-state index in [9.17, 15) is 0 Å². The van der Waals surface area contributed by atoms with Gasteiger partial charge in [-0.15, -0.1) is 0 Å². The molecule has 0 atom stereocenters. The molecule has 0 aliphatic rings. The Hall–Kier alpha value is -2.17. The maximum atomic E-state index is 4.62. The minimum atomic E-state index is 0.712. The Morgan fingerprint density at radius 2 is 2.11 bits per heavy atom. The molecule has 19 heavy (non-hydrogen) atoms. The summed E-state index contributed by atoms with van der Waals surface area (Å²) in [7, 11) is 5.87. The number of aromatic nitrogens is 4. The number of hydrogen-bond donors (Lipinski definition) is 0. The summed E-state index contributed by atoms with van der Waals surface area (Å²) < 4.78 is 1.75. The van der Waals surface area contributed by atoms with Gasteiger partial charge in [-0.1, -0.05) is 6.92 Å². The van der Waals surface area contributed by atoms with Gasteiger partial charge in [0.1, 0.15) is 0 Å².